The van der Waals surface area contributed by atoms with Crippen LogP contribution in [0, 0.1) is 0 Å². The average molecular weight is 298 g/mol. The van der Waals surface area contributed by atoms with E-state index in [4.69, 9.17) is 9.78 Å². The van der Waals surface area contributed by atoms with Crippen molar-refractivity contribution in [2.75, 3.05) is 0 Å². The highest BCUT2D eigenvalue weighted by atomic mass is 17.2. The smallest absolute Gasteiger partial charge is 0.173 e. The van der Waals surface area contributed by atoms with Crippen molar-refractivity contribution in [3.05, 3.63) is 54.1 Å². The van der Waals surface area contributed by atoms with Crippen LogP contribution in [0.3, 0.4) is 0 Å². The molecule has 0 heterocycles. The first-order chi connectivity index (χ1) is 10.4. The van der Waals surface area contributed by atoms with E-state index >= 15 is 0 Å². The summed E-state index contributed by atoms with van der Waals surface area (Å²) in [5.74, 6) is 1.19. The molecule has 22 heavy (non-hydrogen) atoms. The molecule has 0 saturated heterocycles. The lowest BCUT2D eigenvalue weighted by molar-refractivity contribution is -0.281. The first-order valence-electron chi connectivity index (χ1n) is 7.98. The zero-order valence-electron chi connectivity index (χ0n) is 14.2. The minimum absolute atomic E-state index is 0.304. The Morgan fingerprint density at radius 1 is 0.955 bits per heavy atom. The van der Waals surface area contributed by atoms with E-state index in [1.54, 1.807) is 0 Å². The monoisotopic (exact) mass is 298 g/mol. The first-order valence-corrected chi connectivity index (χ1v) is 7.98. The summed E-state index contributed by atoms with van der Waals surface area (Å²) in [6, 6.07) is 16.5. The maximum Gasteiger partial charge on any atom is 0.173 e. The Balaban J connectivity index is 2.43. The Labute approximate surface area is 134 Å². The number of rotatable bonds is 6. The van der Waals surface area contributed by atoms with E-state index in [1.807, 2.05) is 44.2 Å². The van der Waals surface area contributed by atoms with Crippen LogP contribution in [0.25, 0.3) is 11.1 Å². The molecular weight excluding hydrogens is 272 g/mol. The Bertz CT molecular complexity index is 600. The molecule has 0 amide bonds. The molecule has 2 aromatic rings. The van der Waals surface area contributed by atoms with Crippen molar-refractivity contribution in [2.45, 2.75) is 52.6 Å². The SMILES string of the molecule is CCC(C)(C)OOc1cccc(C(C)C)c1-c1ccccc1. The van der Waals surface area contributed by atoms with Crippen molar-refractivity contribution in [3.8, 4) is 16.9 Å². The molecule has 0 aliphatic heterocycles. The van der Waals surface area contributed by atoms with Gasteiger partial charge in [-0.25, -0.2) is 0 Å². The summed E-state index contributed by atoms with van der Waals surface area (Å²) in [7, 11) is 0. The molecule has 2 aromatic carbocycles. The maximum atomic E-state index is 5.74. The fraction of sp³-hybridized carbons (Fsp3) is 0.400. The highest BCUT2D eigenvalue weighted by molar-refractivity contribution is 5.74. The minimum Gasteiger partial charge on any atom is -0.336 e. The van der Waals surface area contributed by atoms with E-state index < -0.39 is 0 Å². The van der Waals surface area contributed by atoms with E-state index in [9.17, 15) is 0 Å². The van der Waals surface area contributed by atoms with Crippen LogP contribution in [-0.4, -0.2) is 5.60 Å². The Kier molecular flexibility index (Phi) is 5.25. The van der Waals surface area contributed by atoms with Crippen LogP contribution in [-0.2, 0) is 4.89 Å². The summed E-state index contributed by atoms with van der Waals surface area (Å²) in [6.07, 6.45) is 0.886. The van der Waals surface area contributed by atoms with Gasteiger partial charge in [-0.2, -0.15) is 4.89 Å². The molecule has 2 rings (SSSR count). The van der Waals surface area contributed by atoms with Crippen molar-refractivity contribution >= 4 is 0 Å². The molecule has 118 valence electrons. The third-order valence-electron chi connectivity index (χ3n) is 3.95. The lowest BCUT2D eigenvalue weighted by Gasteiger charge is -2.23. The van der Waals surface area contributed by atoms with Gasteiger partial charge in [0.2, 0.25) is 0 Å². The van der Waals surface area contributed by atoms with Crippen LogP contribution in [0.15, 0.2) is 48.5 Å². The Morgan fingerprint density at radius 2 is 1.64 bits per heavy atom. The van der Waals surface area contributed by atoms with E-state index in [0.717, 1.165) is 23.3 Å². The molecule has 0 unspecified atom stereocenters. The molecule has 2 heteroatoms. The van der Waals surface area contributed by atoms with Crippen molar-refractivity contribution in [2.24, 2.45) is 0 Å². The van der Waals surface area contributed by atoms with Gasteiger partial charge in [-0.15, -0.1) is 0 Å². The third kappa shape index (κ3) is 3.89. The lowest BCUT2D eigenvalue weighted by Crippen LogP contribution is -2.25. The van der Waals surface area contributed by atoms with Crippen molar-refractivity contribution in [1.29, 1.82) is 0 Å². The predicted octanol–water partition coefficient (Wildman–Crippen LogP) is 5.98. The Hall–Kier alpha value is -1.80. The van der Waals surface area contributed by atoms with E-state index in [0.29, 0.717) is 5.92 Å². The van der Waals surface area contributed by atoms with Gasteiger partial charge in [0.25, 0.3) is 0 Å². The van der Waals surface area contributed by atoms with E-state index in [-0.39, 0.29) is 5.60 Å². The van der Waals surface area contributed by atoms with Gasteiger partial charge in [-0.1, -0.05) is 63.2 Å². The summed E-state index contributed by atoms with van der Waals surface area (Å²) >= 11 is 0. The second-order valence-electron chi connectivity index (χ2n) is 6.52. The van der Waals surface area contributed by atoms with Gasteiger partial charge >= 0.3 is 0 Å². The number of hydrogen-bond acceptors (Lipinski definition) is 2. The van der Waals surface area contributed by atoms with E-state index in [2.05, 4.69) is 39.0 Å². The highest BCUT2D eigenvalue weighted by Gasteiger charge is 2.20. The zero-order chi connectivity index (χ0) is 16.2. The van der Waals surface area contributed by atoms with Crippen LogP contribution in [0.5, 0.6) is 5.75 Å². The van der Waals surface area contributed by atoms with Crippen molar-refractivity contribution < 1.29 is 9.78 Å². The molecule has 0 saturated carbocycles. The molecule has 0 N–H and O–H groups in total. The Morgan fingerprint density at radius 3 is 2.23 bits per heavy atom. The van der Waals surface area contributed by atoms with Crippen molar-refractivity contribution in [1.82, 2.24) is 0 Å². The lowest BCUT2D eigenvalue weighted by atomic mass is 9.92. The van der Waals surface area contributed by atoms with Crippen LogP contribution in [0.2, 0.25) is 0 Å². The van der Waals surface area contributed by atoms with E-state index in [1.165, 1.54) is 5.56 Å². The van der Waals surface area contributed by atoms with Crippen LogP contribution < -0.4 is 4.89 Å². The molecule has 0 bridgehead atoms. The molecule has 0 aliphatic carbocycles. The van der Waals surface area contributed by atoms with Gasteiger partial charge in [0.05, 0.1) is 0 Å². The average Bonchev–Trinajstić information content (AvgIpc) is 2.53. The molecular formula is C20H26O2. The topological polar surface area (TPSA) is 18.5 Å². The highest BCUT2D eigenvalue weighted by Crippen LogP contribution is 2.37. The molecule has 0 fully saturated rings. The minimum atomic E-state index is -0.304. The quantitative estimate of drug-likeness (QED) is 0.482. The van der Waals surface area contributed by atoms with Gasteiger partial charge in [0.15, 0.2) is 5.75 Å². The number of benzene rings is 2. The normalized spacial score (nSPS) is 11.7. The molecule has 0 radical (unpaired) electrons. The van der Waals surface area contributed by atoms with Crippen LogP contribution in [0.1, 0.15) is 52.5 Å². The van der Waals surface area contributed by atoms with Crippen LogP contribution in [0.4, 0.5) is 0 Å². The third-order valence-corrected chi connectivity index (χ3v) is 3.95. The predicted molar refractivity (Wildman–Crippen MR) is 92.1 cm³/mol. The molecule has 2 nitrogen and oxygen atoms in total. The molecule has 0 atom stereocenters. The van der Waals surface area contributed by atoms with Gasteiger partial charge in [-0.3, -0.25) is 0 Å². The number of hydrogen-bond donors (Lipinski definition) is 0. The standard InChI is InChI=1S/C20H26O2/c1-6-20(4,5)22-21-18-14-10-13-17(15(2)3)19(18)16-11-8-7-9-12-16/h7-15H,6H2,1-5H3. The molecule has 0 spiro atoms. The van der Waals surface area contributed by atoms with Crippen LogP contribution >= 0.6 is 0 Å². The van der Waals surface area contributed by atoms with Gasteiger partial charge < -0.3 is 4.89 Å². The zero-order valence-corrected chi connectivity index (χ0v) is 14.2. The molecule has 0 aromatic heterocycles. The second kappa shape index (κ2) is 6.97. The second-order valence-corrected chi connectivity index (χ2v) is 6.52. The van der Waals surface area contributed by atoms with Gasteiger partial charge in [0.1, 0.15) is 5.60 Å². The molecule has 0 aliphatic rings. The first kappa shape index (κ1) is 16.6. The summed E-state index contributed by atoms with van der Waals surface area (Å²) in [4.78, 5) is 11.4. The fourth-order valence-corrected chi connectivity index (χ4v) is 2.23. The largest absolute Gasteiger partial charge is 0.336 e. The van der Waals surface area contributed by atoms with Gasteiger partial charge in [-0.05, 0) is 43.4 Å². The summed E-state index contributed by atoms with van der Waals surface area (Å²) in [6.45, 7) is 10.5. The maximum absolute atomic E-state index is 5.74. The summed E-state index contributed by atoms with van der Waals surface area (Å²) in [5, 5.41) is 0. The van der Waals surface area contributed by atoms with Gasteiger partial charge in [0, 0.05) is 5.56 Å². The summed E-state index contributed by atoms with van der Waals surface area (Å²) in [5.41, 5.74) is 3.23. The van der Waals surface area contributed by atoms with Crippen molar-refractivity contribution in [3.63, 3.8) is 0 Å². The summed E-state index contributed by atoms with van der Waals surface area (Å²) < 4.78 is 0. The fourth-order valence-electron chi connectivity index (χ4n) is 2.23.